The van der Waals surface area contributed by atoms with Crippen LogP contribution in [0.5, 0.6) is 0 Å². The molecule has 24 heavy (non-hydrogen) atoms. The zero-order chi connectivity index (χ0) is 17.1. The number of carbonyl (C=O) groups excluding carboxylic acids is 1. The average Bonchev–Trinajstić information content (AvgIpc) is 3.03. The smallest absolute Gasteiger partial charge is 0.229 e. The van der Waals surface area contributed by atoms with E-state index < -0.39 is 0 Å². The van der Waals surface area contributed by atoms with E-state index in [2.05, 4.69) is 31.0 Å². The van der Waals surface area contributed by atoms with E-state index in [1.54, 1.807) is 22.4 Å². The van der Waals surface area contributed by atoms with Crippen LogP contribution in [0.2, 0.25) is 0 Å². The van der Waals surface area contributed by atoms with Crippen molar-refractivity contribution in [2.24, 2.45) is 0 Å². The molecule has 0 saturated carbocycles. The fourth-order valence-electron chi connectivity index (χ4n) is 2.63. The second-order valence-electron chi connectivity index (χ2n) is 5.92. The van der Waals surface area contributed by atoms with Gasteiger partial charge in [-0.1, -0.05) is 36.5 Å². The number of amides is 1. The molecule has 1 aromatic carbocycles. The van der Waals surface area contributed by atoms with Gasteiger partial charge in [0, 0.05) is 12.6 Å². The molecule has 124 valence electrons. The van der Waals surface area contributed by atoms with E-state index >= 15 is 0 Å². The Hall–Kier alpha value is -2.27. The molecular weight excluding hydrogens is 318 g/mol. The van der Waals surface area contributed by atoms with Crippen molar-refractivity contribution in [1.82, 2.24) is 9.97 Å². The molecule has 0 N–H and O–H groups in total. The lowest BCUT2D eigenvalue weighted by Crippen LogP contribution is -2.30. The number of nitrogens with zero attached hydrogens (tertiary/aromatic N) is 3. The van der Waals surface area contributed by atoms with E-state index in [4.69, 9.17) is 4.98 Å². The van der Waals surface area contributed by atoms with E-state index in [0.717, 1.165) is 33.0 Å². The van der Waals surface area contributed by atoms with Crippen molar-refractivity contribution in [2.45, 2.75) is 40.2 Å². The first-order valence-electron chi connectivity index (χ1n) is 8.17. The van der Waals surface area contributed by atoms with Crippen molar-refractivity contribution < 1.29 is 4.79 Å². The van der Waals surface area contributed by atoms with Crippen LogP contribution in [0.4, 0.5) is 5.13 Å². The second kappa shape index (κ2) is 7.09. The Balaban J connectivity index is 2.03. The summed E-state index contributed by atoms with van der Waals surface area (Å²) in [5.41, 5.74) is 4.19. The van der Waals surface area contributed by atoms with Crippen LogP contribution >= 0.6 is 11.3 Å². The minimum atomic E-state index is 0.0949. The number of carbonyl (C=O) groups is 1. The maximum Gasteiger partial charge on any atom is 0.229 e. The predicted octanol–water partition coefficient (Wildman–Crippen LogP) is 4.64. The normalized spacial score (nSPS) is 11.0. The van der Waals surface area contributed by atoms with Crippen LogP contribution in [0.3, 0.4) is 0 Å². The molecule has 3 rings (SSSR count). The minimum absolute atomic E-state index is 0.0949. The first-order chi connectivity index (χ1) is 11.6. The van der Waals surface area contributed by atoms with Crippen molar-refractivity contribution in [3.05, 3.63) is 53.3 Å². The molecule has 0 aliphatic rings. The number of pyridine rings is 1. The molecule has 0 fully saturated rings. The number of hydrogen-bond donors (Lipinski definition) is 0. The highest BCUT2D eigenvalue weighted by Crippen LogP contribution is 2.34. The van der Waals surface area contributed by atoms with Gasteiger partial charge in [-0.15, -0.1) is 0 Å². The Morgan fingerprint density at radius 3 is 2.62 bits per heavy atom. The fourth-order valence-corrected chi connectivity index (χ4v) is 3.76. The van der Waals surface area contributed by atoms with Gasteiger partial charge in [-0.05, 0) is 43.5 Å². The SMILES string of the molecule is CCCC(=O)N(Cc1ccccn1)c1nc2c(C)ccc(C)c2s1. The van der Waals surface area contributed by atoms with Crippen molar-refractivity contribution in [3.8, 4) is 0 Å². The van der Waals surface area contributed by atoms with Crippen LogP contribution in [-0.4, -0.2) is 15.9 Å². The predicted molar refractivity (Wildman–Crippen MR) is 99.4 cm³/mol. The first kappa shape index (κ1) is 16.6. The quantitative estimate of drug-likeness (QED) is 0.680. The molecule has 2 heterocycles. The van der Waals surface area contributed by atoms with E-state index in [9.17, 15) is 4.79 Å². The molecule has 0 aliphatic carbocycles. The molecule has 5 heteroatoms. The molecule has 2 aromatic heterocycles. The third-order valence-corrected chi connectivity index (χ3v) is 5.19. The molecule has 0 bridgehead atoms. The Kier molecular flexibility index (Phi) is 4.90. The van der Waals surface area contributed by atoms with Crippen LogP contribution in [0.25, 0.3) is 10.2 Å². The zero-order valence-corrected chi connectivity index (χ0v) is 15.1. The van der Waals surface area contributed by atoms with Crippen molar-refractivity contribution >= 4 is 32.6 Å². The average molecular weight is 339 g/mol. The van der Waals surface area contributed by atoms with Crippen molar-refractivity contribution in [2.75, 3.05) is 4.90 Å². The zero-order valence-electron chi connectivity index (χ0n) is 14.2. The number of aryl methyl sites for hydroxylation is 2. The summed E-state index contributed by atoms with van der Waals surface area (Å²) in [6, 6.07) is 9.95. The standard InChI is InChI=1S/C19H21N3OS/c1-4-7-16(23)22(12-15-8-5-6-11-20-15)19-21-17-13(2)9-10-14(3)18(17)24-19/h5-6,8-11H,4,7,12H2,1-3H3. The van der Waals surface area contributed by atoms with Gasteiger partial charge in [-0.25, -0.2) is 4.98 Å². The van der Waals surface area contributed by atoms with Gasteiger partial charge in [0.15, 0.2) is 5.13 Å². The van der Waals surface area contributed by atoms with Gasteiger partial charge in [0.1, 0.15) is 0 Å². The van der Waals surface area contributed by atoms with Gasteiger partial charge in [0.2, 0.25) is 5.91 Å². The van der Waals surface area contributed by atoms with Gasteiger partial charge >= 0.3 is 0 Å². The highest BCUT2D eigenvalue weighted by Gasteiger charge is 2.21. The Morgan fingerprint density at radius 2 is 1.96 bits per heavy atom. The molecular formula is C19H21N3OS. The third kappa shape index (κ3) is 3.31. The van der Waals surface area contributed by atoms with Gasteiger partial charge < -0.3 is 0 Å². The maximum absolute atomic E-state index is 12.7. The lowest BCUT2D eigenvalue weighted by Gasteiger charge is -2.19. The molecule has 0 unspecified atom stereocenters. The molecule has 1 amide bonds. The van der Waals surface area contributed by atoms with E-state index in [-0.39, 0.29) is 5.91 Å². The highest BCUT2D eigenvalue weighted by atomic mass is 32.1. The van der Waals surface area contributed by atoms with Crippen LogP contribution in [0.1, 0.15) is 36.6 Å². The second-order valence-corrected chi connectivity index (χ2v) is 6.90. The summed E-state index contributed by atoms with van der Waals surface area (Å²) in [5, 5.41) is 0.756. The van der Waals surface area contributed by atoms with Gasteiger partial charge in [-0.3, -0.25) is 14.7 Å². The number of anilines is 1. The third-order valence-electron chi connectivity index (χ3n) is 3.97. The summed E-state index contributed by atoms with van der Waals surface area (Å²) in [5.74, 6) is 0.0949. The summed E-state index contributed by atoms with van der Waals surface area (Å²) in [7, 11) is 0. The Morgan fingerprint density at radius 1 is 1.17 bits per heavy atom. The summed E-state index contributed by atoms with van der Waals surface area (Å²) in [4.78, 5) is 23.6. The van der Waals surface area contributed by atoms with Crippen LogP contribution in [0.15, 0.2) is 36.5 Å². The summed E-state index contributed by atoms with van der Waals surface area (Å²) < 4.78 is 1.15. The number of thiazole rings is 1. The molecule has 0 spiro atoms. The van der Waals surface area contributed by atoms with Crippen molar-refractivity contribution in [1.29, 1.82) is 0 Å². The fraction of sp³-hybridized carbons (Fsp3) is 0.316. The summed E-state index contributed by atoms with van der Waals surface area (Å²) in [6.07, 6.45) is 3.09. The largest absolute Gasteiger partial charge is 0.282 e. The van der Waals surface area contributed by atoms with Crippen LogP contribution in [-0.2, 0) is 11.3 Å². The summed E-state index contributed by atoms with van der Waals surface area (Å²) in [6.45, 7) is 6.62. The number of benzene rings is 1. The molecule has 3 aromatic rings. The van der Waals surface area contributed by atoms with Gasteiger partial charge in [0.25, 0.3) is 0 Å². The molecule has 0 saturated heterocycles. The van der Waals surface area contributed by atoms with E-state index in [0.29, 0.717) is 13.0 Å². The van der Waals surface area contributed by atoms with E-state index in [1.807, 2.05) is 25.1 Å². The van der Waals surface area contributed by atoms with Crippen LogP contribution < -0.4 is 4.90 Å². The molecule has 4 nitrogen and oxygen atoms in total. The number of rotatable bonds is 5. The van der Waals surface area contributed by atoms with Gasteiger partial charge in [0.05, 0.1) is 22.5 Å². The number of aromatic nitrogens is 2. The van der Waals surface area contributed by atoms with E-state index in [1.165, 1.54) is 5.56 Å². The summed E-state index contributed by atoms with van der Waals surface area (Å²) >= 11 is 1.59. The molecule has 0 radical (unpaired) electrons. The lowest BCUT2D eigenvalue weighted by atomic mass is 10.1. The lowest BCUT2D eigenvalue weighted by molar-refractivity contribution is -0.118. The number of hydrogen-bond acceptors (Lipinski definition) is 4. The maximum atomic E-state index is 12.7. The highest BCUT2D eigenvalue weighted by molar-refractivity contribution is 7.22. The Labute approximate surface area is 146 Å². The monoisotopic (exact) mass is 339 g/mol. The number of fused-ring (bicyclic) bond motifs is 1. The molecule has 0 atom stereocenters. The minimum Gasteiger partial charge on any atom is -0.282 e. The van der Waals surface area contributed by atoms with Crippen molar-refractivity contribution in [3.63, 3.8) is 0 Å². The van der Waals surface area contributed by atoms with Crippen LogP contribution in [0, 0.1) is 13.8 Å². The molecule has 0 aliphatic heterocycles. The Bertz CT molecular complexity index is 819. The first-order valence-corrected chi connectivity index (χ1v) is 8.98. The van der Waals surface area contributed by atoms with Gasteiger partial charge in [-0.2, -0.15) is 0 Å². The topological polar surface area (TPSA) is 46.1 Å².